The van der Waals surface area contributed by atoms with Gasteiger partial charge in [-0.2, -0.15) is 0 Å². The molecule has 0 unspecified atom stereocenters. The van der Waals surface area contributed by atoms with E-state index in [1.165, 1.54) is 5.56 Å². The van der Waals surface area contributed by atoms with Gasteiger partial charge in [0.2, 0.25) is 0 Å². The van der Waals surface area contributed by atoms with Crippen LogP contribution in [0.4, 0.5) is 0 Å². The maximum atomic E-state index is 12.2. The molecular weight excluding hydrogens is 212 g/mol. The first-order valence-corrected chi connectivity index (χ1v) is 5.58. The number of hydrogen-bond acceptors (Lipinski definition) is 2. The third-order valence-electron chi connectivity index (χ3n) is 3.50. The molecule has 1 N–H and O–H groups in total. The zero-order valence-electron chi connectivity index (χ0n) is 9.74. The van der Waals surface area contributed by atoms with Crippen molar-refractivity contribution in [3.63, 3.8) is 0 Å². The molecule has 0 bridgehead atoms. The van der Waals surface area contributed by atoms with Crippen LogP contribution in [0.25, 0.3) is 11.1 Å². The highest BCUT2D eigenvalue weighted by Crippen LogP contribution is 2.40. The number of carbonyl (C=O) groups is 1. The molecule has 2 nitrogen and oxygen atoms in total. The summed E-state index contributed by atoms with van der Waals surface area (Å²) in [6, 6.07) is 8.84. The predicted octanol–water partition coefficient (Wildman–Crippen LogP) is 3.22. The van der Waals surface area contributed by atoms with Gasteiger partial charge in [-0.25, -0.2) is 0 Å². The molecule has 0 spiro atoms. The van der Waals surface area contributed by atoms with Crippen molar-refractivity contribution in [3.8, 4) is 16.9 Å². The molecule has 17 heavy (non-hydrogen) atoms. The number of phenols is 1. The van der Waals surface area contributed by atoms with Crippen molar-refractivity contribution in [1.29, 1.82) is 0 Å². The molecule has 0 amide bonds. The van der Waals surface area contributed by atoms with Crippen LogP contribution in [-0.4, -0.2) is 10.9 Å². The van der Waals surface area contributed by atoms with E-state index in [-0.39, 0.29) is 11.5 Å². The number of fused-ring (bicyclic) bond motifs is 3. The molecule has 1 aliphatic rings. The van der Waals surface area contributed by atoms with E-state index in [0.717, 1.165) is 22.3 Å². The molecule has 0 aliphatic heterocycles. The van der Waals surface area contributed by atoms with Crippen molar-refractivity contribution < 1.29 is 9.90 Å². The second kappa shape index (κ2) is 3.20. The number of hydrogen-bond donors (Lipinski definition) is 1. The highest BCUT2D eigenvalue weighted by atomic mass is 16.3. The summed E-state index contributed by atoms with van der Waals surface area (Å²) in [7, 11) is 0. The second-order valence-electron chi connectivity index (χ2n) is 4.49. The van der Waals surface area contributed by atoms with Gasteiger partial charge in [-0.15, -0.1) is 0 Å². The quantitative estimate of drug-likeness (QED) is 0.636. The number of aryl methyl sites for hydroxylation is 1. The monoisotopic (exact) mass is 224 g/mol. The zero-order chi connectivity index (χ0) is 12.2. The molecule has 2 heteroatoms. The summed E-state index contributed by atoms with van der Waals surface area (Å²) in [5, 5.41) is 9.46. The van der Waals surface area contributed by atoms with E-state index in [2.05, 4.69) is 0 Å². The van der Waals surface area contributed by atoms with Crippen molar-refractivity contribution >= 4 is 5.78 Å². The van der Waals surface area contributed by atoms with Gasteiger partial charge in [0, 0.05) is 11.1 Å². The number of phenolic OH excluding ortho intramolecular Hbond substituents is 1. The Morgan fingerprint density at radius 2 is 1.65 bits per heavy atom. The van der Waals surface area contributed by atoms with Crippen LogP contribution in [-0.2, 0) is 0 Å². The SMILES string of the molecule is Cc1ccc2c(c1C)-c1ccc(O)cc1C2=O. The summed E-state index contributed by atoms with van der Waals surface area (Å²) < 4.78 is 0. The van der Waals surface area contributed by atoms with Gasteiger partial charge in [-0.3, -0.25) is 4.79 Å². The smallest absolute Gasteiger partial charge is 0.194 e. The zero-order valence-corrected chi connectivity index (χ0v) is 9.74. The maximum absolute atomic E-state index is 12.2. The first kappa shape index (κ1) is 10.1. The fraction of sp³-hybridized carbons (Fsp3) is 0.133. The first-order chi connectivity index (χ1) is 8.09. The Kier molecular flexibility index (Phi) is 1.90. The Balaban J connectivity index is 2.41. The van der Waals surface area contributed by atoms with Gasteiger partial charge in [0.05, 0.1) is 0 Å². The molecule has 2 aromatic carbocycles. The van der Waals surface area contributed by atoms with E-state index in [0.29, 0.717) is 5.56 Å². The van der Waals surface area contributed by atoms with E-state index in [1.54, 1.807) is 12.1 Å². The summed E-state index contributed by atoms with van der Waals surface area (Å²) in [4.78, 5) is 12.2. The highest BCUT2D eigenvalue weighted by molar-refractivity contribution is 6.22. The van der Waals surface area contributed by atoms with Gasteiger partial charge in [-0.1, -0.05) is 12.1 Å². The molecule has 2 aromatic rings. The van der Waals surface area contributed by atoms with Gasteiger partial charge in [0.15, 0.2) is 5.78 Å². The Morgan fingerprint density at radius 1 is 0.941 bits per heavy atom. The largest absolute Gasteiger partial charge is 0.508 e. The van der Waals surface area contributed by atoms with Crippen LogP contribution in [0.3, 0.4) is 0 Å². The number of benzene rings is 2. The van der Waals surface area contributed by atoms with Gasteiger partial charge >= 0.3 is 0 Å². The molecule has 0 heterocycles. The van der Waals surface area contributed by atoms with Crippen LogP contribution in [0.2, 0.25) is 0 Å². The van der Waals surface area contributed by atoms with E-state index in [1.807, 2.05) is 32.0 Å². The fourth-order valence-electron chi connectivity index (χ4n) is 2.44. The normalized spacial score (nSPS) is 12.5. The molecule has 0 radical (unpaired) electrons. The molecule has 0 aromatic heterocycles. The van der Waals surface area contributed by atoms with Crippen molar-refractivity contribution in [2.45, 2.75) is 13.8 Å². The third kappa shape index (κ3) is 1.24. The summed E-state index contributed by atoms with van der Waals surface area (Å²) in [6.07, 6.45) is 0. The molecule has 0 atom stereocenters. The molecule has 84 valence electrons. The fourth-order valence-corrected chi connectivity index (χ4v) is 2.44. The second-order valence-corrected chi connectivity index (χ2v) is 4.49. The lowest BCUT2D eigenvalue weighted by Crippen LogP contribution is -1.95. The Bertz CT molecular complexity index is 654. The van der Waals surface area contributed by atoms with E-state index in [4.69, 9.17) is 0 Å². The van der Waals surface area contributed by atoms with Gasteiger partial charge < -0.3 is 5.11 Å². The van der Waals surface area contributed by atoms with Crippen LogP contribution in [0, 0.1) is 13.8 Å². The number of aromatic hydroxyl groups is 1. The number of carbonyl (C=O) groups excluding carboxylic acids is 1. The van der Waals surface area contributed by atoms with Gasteiger partial charge in [-0.05, 0) is 54.3 Å². The van der Waals surface area contributed by atoms with Gasteiger partial charge in [0.1, 0.15) is 5.75 Å². The highest BCUT2D eigenvalue weighted by Gasteiger charge is 2.28. The summed E-state index contributed by atoms with van der Waals surface area (Å²) >= 11 is 0. The third-order valence-corrected chi connectivity index (χ3v) is 3.50. The van der Waals surface area contributed by atoms with E-state index >= 15 is 0 Å². The topological polar surface area (TPSA) is 37.3 Å². The molecule has 3 rings (SSSR count). The standard InChI is InChI=1S/C15H12O2/c1-8-3-5-12-14(9(8)2)11-6-4-10(16)7-13(11)15(12)17/h3-7,16H,1-2H3. The van der Waals surface area contributed by atoms with Crippen LogP contribution in [0.5, 0.6) is 5.75 Å². The van der Waals surface area contributed by atoms with Gasteiger partial charge in [0.25, 0.3) is 0 Å². The van der Waals surface area contributed by atoms with Crippen molar-refractivity contribution in [2.24, 2.45) is 0 Å². The Hall–Kier alpha value is -2.09. The van der Waals surface area contributed by atoms with Crippen molar-refractivity contribution in [3.05, 3.63) is 52.6 Å². The first-order valence-electron chi connectivity index (χ1n) is 5.58. The number of rotatable bonds is 0. The van der Waals surface area contributed by atoms with Crippen LogP contribution in [0.1, 0.15) is 27.0 Å². The van der Waals surface area contributed by atoms with E-state index in [9.17, 15) is 9.90 Å². The average Bonchev–Trinajstić information content (AvgIpc) is 2.58. The summed E-state index contributed by atoms with van der Waals surface area (Å²) in [5.74, 6) is 0.147. The van der Waals surface area contributed by atoms with Crippen LogP contribution >= 0.6 is 0 Å². The molecule has 0 saturated carbocycles. The molecule has 1 aliphatic carbocycles. The summed E-state index contributed by atoms with van der Waals surface area (Å²) in [5.41, 5.74) is 5.62. The minimum absolute atomic E-state index is 0.00833. The lowest BCUT2D eigenvalue weighted by Gasteiger charge is -2.07. The van der Waals surface area contributed by atoms with E-state index < -0.39 is 0 Å². The predicted molar refractivity (Wildman–Crippen MR) is 66.4 cm³/mol. The minimum atomic E-state index is 0.00833. The van der Waals surface area contributed by atoms with Crippen LogP contribution < -0.4 is 0 Å². The van der Waals surface area contributed by atoms with Crippen LogP contribution in [0.15, 0.2) is 30.3 Å². The molecule has 0 saturated heterocycles. The Labute approximate surface area is 99.5 Å². The molecular formula is C15H12O2. The Morgan fingerprint density at radius 3 is 2.41 bits per heavy atom. The lowest BCUT2D eigenvalue weighted by atomic mass is 9.97. The maximum Gasteiger partial charge on any atom is 0.194 e. The average molecular weight is 224 g/mol. The van der Waals surface area contributed by atoms with Crippen molar-refractivity contribution in [2.75, 3.05) is 0 Å². The minimum Gasteiger partial charge on any atom is -0.508 e. The lowest BCUT2D eigenvalue weighted by molar-refractivity contribution is 0.104. The molecule has 0 fully saturated rings. The summed E-state index contributed by atoms with van der Waals surface area (Å²) in [6.45, 7) is 4.07. The number of ketones is 1. The van der Waals surface area contributed by atoms with Crippen molar-refractivity contribution in [1.82, 2.24) is 0 Å².